The second kappa shape index (κ2) is 8.38. The van der Waals surface area contributed by atoms with Crippen molar-refractivity contribution in [2.75, 3.05) is 12.4 Å². The average Bonchev–Trinajstić information content (AvgIpc) is 2.54. The molecule has 0 aromatic heterocycles. The van der Waals surface area contributed by atoms with Gasteiger partial charge in [0.2, 0.25) is 0 Å². The third kappa shape index (κ3) is 6.08. The molecule has 0 amide bonds. The van der Waals surface area contributed by atoms with Crippen molar-refractivity contribution in [2.45, 2.75) is 18.0 Å². The van der Waals surface area contributed by atoms with Gasteiger partial charge in [-0.3, -0.25) is 0 Å². The summed E-state index contributed by atoms with van der Waals surface area (Å²) in [6.45, 7) is 1.52. The van der Waals surface area contributed by atoms with E-state index in [1.165, 1.54) is 11.8 Å². The molecular weight excluding hydrogens is 359 g/mol. The Kier molecular flexibility index (Phi) is 6.47. The molecule has 0 bridgehead atoms. The summed E-state index contributed by atoms with van der Waals surface area (Å²) < 4.78 is 68.7. The van der Waals surface area contributed by atoms with Gasteiger partial charge in [0, 0.05) is 16.2 Å². The molecule has 0 aliphatic carbocycles. The topological polar surface area (TPSA) is 9.23 Å². The molecule has 1 nitrogen and oxygen atoms in total. The summed E-state index contributed by atoms with van der Waals surface area (Å²) >= 11 is 1.25. The quantitative estimate of drug-likeness (QED) is 0.431. The lowest BCUT2D eigenvalue weighted by atomic mass is 10.2. The van der Waals surface area contributed by atoms with Gasteiger partial charge in [0.05, 0.1) is 5.56 Å². The van der Waals surface area contributed by atoms with E-state index in [9.17, 15) is 22.0 Å². The first-order valence-corrected chi connectivity index (χ1v) is 8.27. The first-order chi connectivity index (χ1) is 11.8. The molecule has 0 fully saturated rings. The average molecular weight is 374 g/mol. The van der Waals surface area contributed by atoms with Crippen LogP contribution in [0.15, 0.2) is 65.1 Å². The molecule has 0 aliphatic rings. The van der Waals surface area contributed by atoms with Gasteiger partial charge in [-0.15, -0.1) is 11.8 Å². The van der Waals surface area contributed by atoms with Gasteiger partial charge < -0.3 is 4.74 Å². The van der Waals surface area contributed by atoms with Gasteiger partial charge in [0.25, 0.3) is 6.08 Å². The van der Waals surface area contributed by atoms with Crippen molar-refractivity contribution in [3.8, 4) is 5.75 Å². The number of rotatable bonds is 6. The van der Waals surface area contributed by atoms with E-state index in [4.69, 9.17) is 4.74 Å². The summed E-state index contributed by atoms with van der Waals surface area (Å²) in [5.74, 6) is 0.138. The van der Waals surface area contributed by atoms with Crippen molar-refractivity contribution in [2.24, 2.45) is 0 Å². The van der Waals surface area contributed by atoms with Gasteiger partial charge in [-0.25, -0.2) is 0 Å². The summed E-state index contributed by atoms with van der Waals surface area (Å²) in [6.07, 6.45) is -6.29. The molecule has 134 valence electrons. The highest BCUT2D eigenvalue weighted by molar-refractivity contribution is 7.99. The van der Waals surface area contributed by atoms with E-state index in [1.807, 2.05) is 31.2 Å². The molecule has 0 N–H and O–H groups in total. The minimum absolute atomic E-state index is 0.0341. The van der Waals surface area contributed by atoms with E-state index < -0.39 is 17.8 Å². The Balaban J connectivity index is 1.95. The normalized spacial score (nSPS) is 11.3. The Bertz CT molecular complexity index is 734. The molecule has 25 heavy (non-hydrogen) atoms. The number of hydrogen-bond donors (Lipinski definition) is 0. The van der Waals surface area contributed by atoms with Gasteiger partial charge in [-0.05, 0) is 43.3 Å². The SMILES string of the molecule is Cc1cccc(SCC(COc2ccc(C(F)(F)F)cc2)=C(F)F)c1. The highest BCUT2D eigenvalue weighted by Gasteiger charge is 2.30. The van der Waals surface area contributed by atoms with Crippen LogP contribution in [-0.2, 0) is 6.18 Å². The third-order valence-corrected chi connectivity index (χ3v) is 4.34. The fourth-order valence-corrected chi connectivity index (χ4v) is 2.91. The summed E-state index contributed by atoms with van der Waals surface area (Å²) in [4.78, 5) is 0.855. The highest BCUT2D eigenvalue weighted by Crippen LogP contribution is 2.30. The molecule has 0 heterocycles. The third-order valence-electron chi connectivity index (χ3n) is 3.26. The smallest absolute Gasteiger partial charge is 0.416 e. The van der Waals surface area contributed by atoms with Crippen molar-refractivity contribution < 1.29 is 26.7 Å². The zero-order valence-corrected chi connectivity index (χ0v) is 14.1. The van der Waals surface area contributed by atoms with E-state index >= 15 is 0 Å². The monoisotopic (exact) mass is 374 g/mol. The Morgan fingerprint density at radius 1 is 1.04 bits per heavy atom. The maximum absolute atomic E-state index is 13.0. The Labute approximate surface area is 146 Å². The molecule has 0 spiro atoms. The minimum Gasteiger partial charge on any atom is -0.489 e. The standard InChI is InChI=1S/C18H15F5OS/c1-12-3-2-4-16(9-12)25-11-13(17(19)20)10-24-15-7-5-14(6-8-15)18(21,22)23/h2-9H,10-11H2,1H3. The Morgan fingerprint density at radius 2 is 1.72 bits per heavy atom. The summed E-state index contributed by atoms with van der Waals surface area (Å²) in [7, 11) is 0. The van der Waals surface area contributed by atoms with Gasteiger partial charge >= 0.3 is 6.18 Å². The van der Waals surface area contributed by atoms with Crippen LogP contribution in [0, 0.1) is 6.92 Å². The number of thioether (sulfide) groups is 1. The van der Waals surface area contributed by atoms with Crippen LogP contribution in [0.1, 0.15) is 11.1 Å². The van der Waals surface area contributed by atoms with Crippen LogP contribution in [-0.4, -0.2) is 12.4 Å². The van der Waals surface area contributed by atoms with Crippen molar-refractivity contribution in [1.82, 2.24) is 0 Å². The lowest BCUT2D eigenvalue weighted by molar-refractivity contribution is -0.137. The molecule has 0 unspecified atom stereocenters. The summed E-state index contributed by atoms with van der Waals surface area (Å²) in [5, 5.41) is 0. The first kappa shape index (κ1) is 19.3. The van der Waals surface area contributed by atoms with Crippen LogP contribution in [0.2, 0.25) is 0 Å². The molecule has 2 aromatic carbocycles. The van der Waals surface area contributed by atoms with Crippen LogP contribution in [0.3, 0.4) is 0 Å². The van der Waals surface area contributed by atoms with E-state index in [0.29, 0.717) is 0 Å². The lowest BCUT2D eigenvalue weighted by Gasteiger charge is -2.11. The van der Waals surface area contributed by atoms with Crippen LogP contribution in [0.5, 0.6) is 5.75 Å². The molecule has 2 rings (SSSR count). The number of benzene rings is 2. The van der Waals surface area contributed by atoms with Crippen molar-refractivity contribution >= 4 is 11.8 Å². The van der Waals surface area contributed by atoms with Gasteiger partial charge in [-0.1, -0.05) is 17.7 Å². The zero-order valence-electron chi connectivity index (χ0n) is 13.2. The van der Waals surface area contributed by atoms with Crippen LogP contribution in [0.4, 0.5) is 22.0 Å². The van der Waals surface area contributed by atoms with Crippen LogP contribution >= 0.6 is 11.8 Å². The maximum atomic E-state index is 13.0. The van der Waals surface area contributed by atoms with Gasteiger partial charge in [-0.2, -0.15) is 22.0 Å². The largest absolute Gasteiger partial charge is 0.489 e. The number of ether oxygens (including phenoxy) is 1. The lowest BCUT2D eigenvalue weighted by Crippen LogP contribution is -2.06. The predicted octanol–water partition coefficient (Wildman–Crippen LogP) is 6.34. The summed E-state index contributed by atoms with van der Waals surface area (Å²) in [6, 6.07) is 11.4. The van der Waals surface area contributed by atoms with Gasteiger partial charge in [0.1, 0.15) is 12.4 Å². The van der Waals surface area contributed by atoms with Crippen molar-refractivity contribution in [1.29, 1.82) is 0 Å². The molecule has 2 aromatic rings. The van der Waals surface area contributed by atoms with Gasteiger partial charge in [0.15, 0.2) is 0 Å². The van der Waals surface area contributed by atoms with Crippen molar-refractivity contribution in [3.05, 3.63) is 71.3 Å². The van der Waals surface area contributed by atoms with Crippen LogP contribution in [0.25, 0.3) is 0 Å². The maximum Gasteiger partial charge on any atom is 0.416 e. The second-order valence-electron chi connectivity index (χ2n) is 5.28. The van der Waals surface area contributed by atoms with E-state index in [1.54, 1.807) is 0 Å². The summed E-state index contributed by atoms with van der Waals surface area (Å²) in [5.41, 5.74) is 0.00551. The fourth-order valence-electron chi connectivity index (χ4n) is 1.94. The zero-order chi connectivity index (χ0) is 18.4. The minimum atomic E-state index is -4.45. The predicted molar refractivity (Wildman–Crippen MR) is 88.1 cm³/mol. The fraction of sp³-hybridized carbons (Fsp3) is 0.222. The Morgan fingerprint density at radius 3 is 2.28 bits per heavy atom. The molecule has 7 heteroatoms. The first-order valence-electron chi connectivity index (χ1n) is 7.28. The number of halogens is 5. The van der Waals surface area contributed by atoms with E-state index in [2.05, 4.69) is 0 Å². The van der Waals surface area contributed by atoms with Crippen molar-refractivity contribution in [3.63, 3.8) is 0 Å². The number of hydrogen-bond acceptors (Lipinski definition) is 2. The highest BCUT2D eigenvalue weighted by atomic mass is 32.2. The molecule has 0 saturated heterocycles. The second-order valence-corrected chi connectivity index (χ2v) is 6.33. The molecule has 0 atom stereocenters. The number of aryl methyl sites for hydroxylation is 1. The van der Waals surface area contributed by atoms with Crippen LogP contribution < -0.4 is 4.74 Å². The van der Waals surface area contributed by atoms with E-state index in [0.717, 1.165) is 34.7 Å². The molecule has 0 aliphatic heterocycles. The molecular formula is C18H15F5OS. The molecule has 0 radical (unpaired) electrons. The Hall–Kier alpha value is -2.02. The number of alkyl halides is 3. The molecule has 0 saturated carbocycles. The van der Waals surface area contributed by atoms with E-state index in [-0.39, 0.29) is 23.7 Å².